The Bertz CT molecular complexity index is 119. The first-order valence-electron chi connectivity index (χ1n) is 5.07. The number of likely N-dealkylation sites (N-methyl/N-ethyl adjacent to an activating group) is 1. The predicted octanol–water partition coefficient (Wildman–Crippen LogP) is 1.11. The van der Waals surface area contributed by atoms with Crippen molar-refractivity contribution in [1.82, 2.24) is 4.90 Å². The molecule has 0 saturated heterocycles. The molecule has 0 fully saturated rings. The molecule has 0 heterocycles. The van der Waals surface area contributed by atoms with Gasteiger partial charge in [-0.3, -0.25) is 0 Å². The van der Waals surface area contributed by atoms with Crippen LogP contribution in [0.15, 0.2) is 0 Å². The number of nitrogens with zero attached hydrogens (tertiary/aromatic N) is 1. The molecule has 3 nitrogen and oxygen atoms in total. The summed E-state index contributed by atoms with van der Waals surface area (Å²) in [6.45, 7) is 8.05. The smallest absolute Gasteiger partial charge is 0.0900 e. The molecule has 0 aliphatic heterocycles. The van der Waals surface area contributed by atoms with Gasteiger partial charge in [0.25, 0.3) is 0 Å². The standard InChI is InChI=1S/C10H23NO2/c1-5-9(3)11(4)7-10(12)8-13-6-2/h9-10,12H,5-8H2,1-4H3. The highest BCUT2D eigenvalue weighted by molar-refractivity contribution is 4.65. The van der Waals surface area contributed by atoms with E-state index < -0.39 is 0 Å². The van der Waals surface area contributed by atoms with E-state index in [-0.39, 0.29) is 6.10 Å². The summed E-state index contributed by atoms with van der Waals surface area (Å²) in [4.78, 5) is 2.16. The van der Waals surface area contributed by atoms with Crippen LogP contribution in [0.2, 0.25) is 0 Å². The average molecular weight is 189 g/mol. The number of hydrogen-bond acceptors (Lipinski definition) is 3. The van der Waals surface area contributed by atoms with Crippen LogP contribution in [0.4, 0.5) is 0 Å². The number of aliphatic hydroxyl groups is 1. The average Bonchev–Trinajstić information content (AvgIpc) is 2.13. The van der Waals surface area contributed by atoms with Gasteiger partial charge in [-0.2, -0.15) is 0 Å². The first-order chi connectivity index (χ1) is 6.11. The van der Waals surface area contributed by atoms with Gasteiger partial charge < -0.3 is 14.7 Å². The fourth-order valence-corrected chi connectivity index (χ4v) is 1.13. The molecule has 0 aromatic rings. The molecule has 0 radical (unpaired) electrons. The van der Waals surface area contributed by atoms with Crippen molar-refractivity contribution < 1.29 is 9.84 Å². The Morgan fingerprint density at radius 3 is 2.46 bits per heavy atom. The van der Waals surface area contributed by atoms with E-state index in [1.54, 1.807) is 0 Å². The number of aliphatic hydroxyl groups excluding tert-OH is 1. The fourth-order valence-electron chi connectivity index (χ4n) is 1.13. The van der Waals surface area contributed by atoms with Gasteiger partial charge in [0.15, 0.2) is 0 Å². The van der Waals surface area contributed by atoms with Gasteiger partial charge in [0.1, 0.15) is 0 Å². The van der Waals surface area contributed by atoms with Gasteiger partial charge in [-0.1, -0.05) is 6.92 Å². The van der Waals surface area contributed by atoms with Gasteiger partial charge in [-0.25, -0.2) is 0 Å². The van der Waals surface area contributed by atoms with Crippen LogP contribution in [0.25, 0.3) is 0 Å². The maximum Gasteiger partial charge on any atom is 0.0900 e. The van der Waals surface area contributed by atoms with Crippen LogP contribution in [0, 0.1) is 0 Å². The van der Waals surface area contributed by atoms with Crippen LogP contribution < -0.4 is 0 Å². The summed E-state index contributed by atoms with van der Waals surface area (Å²) >= 11 is 0. The Kier molecular flexibility index (Phi) is 7.23. The van der Waals surface area contributed by atoms with E-state index in [0.29, 0.717) is 25.8 Å². The molecule has 0 aliphatic carbocycles. The lowest BCUT2D eigenvalue weighted by molar-refractivity contribution is 0.0194. The lowest BCUT2D eigenvalue weighted by Crippen LogP contribution is -2.37. The van der Waals surface area contributed by atoms with Gasteiger partial charge in [0.05, 0.1) is 12.7 Å². The van der Waals surface area contributed by atoms with E-state index in [1.165, 1.54) is 0 Å². The second kappa shape index (κ2) is 7.30. The minimum atomic E-state index is -0.362. The Morgan fingerprint density at radius 1 is 1.38 bits per heavy atom. The summed E-state index contributed by atoms with van der Waals surface area (Å²) in [6, 6.07) is 0.524. The Hall–Kier alpha value is -0.120. The van der Waals surface area contributed by atoms with Crippen molar-refractivity contribution >= 4 is 0 Å². The molecule has 2 atom stereocenters. The normalized spacial score (nSPS) is 16.2. The van der Waals surface area contributed by atoms with Crippen LogP contribution in [0.5, 0.6) is 0 Å². The van der Waals surface area contributed by atoms with Gasteiger partial charge in [0.2, 0.25) is 0 Å². The maximum atomic E-state index is 9.53. The third kappa shape index (κ3) is 6.02. The van der Waals surface area contributed by atoms with Crippen molar-refractivity contribution in [3.8, 4) is 0 Å². The Morgan fingerprint density at radius 2 is 2.00 bits per heavy atom. The summed E-state index contributed by atoms with van der Waals surface area (Å²) in [5.74, 6) is 0. The lowest BCUT2D eigenvalue weighted by Gasteiger charge is -2.25. The Balaban J connectivity index is 3.57. The highest BCUT2D eigenvalue weighted by Gasteiger charge is 2.11. The molecule has 13 heavy (non-hydrogen) atoms. The number of hydrogen-bond donors (Lipinski definition) is 1. The van der Waals surface area contributed by atoms with Crippen LogP contribution in [-0.2, 0) is 4.74 Å². The van der Waals surface area contributed by atoms with E-state index in [4.69, 9.17) is 4.74 Å². The fraction of sp³-hybridized carbons (Fsp3) is 1.00. The van der Waals surface area contributed by atoms with Gasteiger partial charge in [-0.05, 0) is 27.3 Å². The van der Waals surface area contributed by atoms with E-state index in [0.717, 1.165) is 6.42 Å². The van der Waals surface area contributed by atoms with E-state index in [2.05, 4.69) is 18.7 Å². The van der Waals surface area contributed by atoms with Crippen molar-refractivity contribution in [3.05, 3.63) is 0 Å². The van der Waals surface area contributed by atoms with Crippen LogP contribution in [0.1, 0.15) is 27.2 Å². The van der Waals surface area contributed by atoms with Crippen LogP contribution in [-0.4, -0.2) is 49.0 Å². The van der Waals surface area contributed by atoms with Crippen molar-refractivity contribution in [2.24, 2.45) is 0 Å². The van der Waals surface area contributed by atoms with Crippen molar-refractivity contribution in [2.75, 3.05) is 26.8 Å². The molecule has 2 unspecified atom stereocenters. The van der Waals surface area contributed by atoms with Crippen molar-refractivity contribution in [3.63, 3.8) is 0 Å². The molecule has 80 valence electrons. The highest BCUT2D eigenvalue weighted by atomic mass is 16.5. The second-order valence-corrected chi connectivity index (χ2v) is 3.51. The zero-order chi connectivity index (χ0) is 10.3. The van der Waals surface area contributed by atoms with E-state index >= 15 is 0 Å². The zero-order valence-electron chi connectivity index (χ0n) is 9.29. The molecule has 3 heteroatoms. The SMILES string of the molecule is CCOCC(O)CN(C)C(C)CC. The minimum absolute atomic E-state index is 0.362. The molecule has 0 amide bonds. The summed E-state index contributed by atoms with van der Waals surface area (Å²) in [5, 5.41) is 9.53. The van der Waals surface area contributed by atoms with Crippen LogP contribution in [0.3, 0.4) is 0 Å². The Labute approximate surface area is 81.7 Å². The van der Waals surface area contributed by atoms with E-state index in [1.807, 2.05) is 14.0 Å². The second-order valence-electron chi connectivity index (χ2n) is 3.51. The first kappa shape index (κ1) is 12.9. The number of rotatable bonds is 7. The molecule has 0 bridgehead atoms. The van der Waals surface area contributed by atoms with Crippen molar-refractivity contribution in [2.45, 2.75) is 39.3 Å². The topological polar surface area (TPSA) is 32.7 Å². The quantitative estimate of drug-likeness (QED) is 0.651. The highest BCUT2D eigenvalue weighted by Crippen LogP contribution is 2.01. The maximum absolute atomic E-state index is 9.53. The van der Waals surface area contributed by atoms with Gasteiger partial charge in [0, 0.05) is 19.2 Å². The number of ether oxygens (including phenoxy) is 1. The van der Waals surface area contributed by atoms with Gasteiger partial charge >= 0.3 is 0 Å². The summed E-state index contributed by atoms with van der Waals surface area (Å²) in [5.41, 5.74) is 0. The van der Waals surface area contributed by atoms with E-state index in [9.17, 15) is 5.11 Å². The molecular formula is C10H23NO2. The largest absolute Gasteiger partial charge is 0.389 e. The van der Waals surface area contributed by atoms with Crippen LogP contribution >= 0.6 is 0 Å². The molecule has 1 N–H and O–H groups in total. The molecule has 0 aliphatic rings. The molecular weight excluding hydrogens is 166 g/mol. The third-order valence-electron chi connectivity index (χ3n) is 2.36. The predicted molar refractivity (Wildman–Crippen MR) is 54.9 cm³/mol. The molecule has 0 saturated carbocycles. The molecule has 0 rings (SSSR count). The van der Waals surface area contributed by atoms with Crippen molar-refractivity contribution in [1.29, 1.82) is 0 Å². The third-order valence-corrected chi connectivity index (χ3v) is 2.36. The first-order valence-corrected chi connectivity index (χ1v) is 5.07. The van der Waals surface area contributed by atoms with Gasteiger partial charge in [-0.15, -0.1) is 0 Å². The lowest BCUT2D eigenvalue weighted by atomic mass is 10.2. The summed E-state index contributed by atoms with van der Waals surface area (Å²) < 4.78 is 5.13. The summed E-state index contributed by atoms with van der Waals surface area (Å²) in [7, 11) is 2.03. The molecule has 0 aromatic carbocycles. The molecule has 0 aromatic heterocycles. The molecule has 0 spiro atoms. The monoisotopic (exact) mass is 189 g/mol. The minimum Gasteiger partial charge on any atom is -0.389 e. The summed E-state index contributed by atoms with van der Waals surface area (Å²) in [6.07, 6.45) is 0.747. The zero-order valence-corrected chi connectivity index (χ0v) is 9.29.